The van der Waals surface area contributed by atoms with E-state index in [9.17, 15) is 4.79 Å². The molecule has 4 rings (SSSR count). The Hall–Kier alpha value is -2.61. The summed E-state index contributed by atoms with van der Waals surface area (Å²) >= 11 is 7.62. The van der Waals surface area contributed by atoms with E-state index < -0.39 is 0 Å². The molecule has 0 atom stereocenters. The van der Waals surface area contributed by atoms with Gasteiger partial charge in [0.05, 0.1) is 6.54 Å². The van der Waals surface area contributed by atoms with Gasteiger partial charge in [0.1, 0.15) is 10.7 Å². The number of hydrogen-bond donors (Lipinski definition) is 0. The highest BCUT2D eigenvalue weighted by atomic mass is 35.5. The Kier molecular flexibility index (Phi) is 8.43. The molecule has 0 unspecified atom stereocenters. The molecule has 0 N–H and O–H groups in total. The number of rotatable bonds is 11. The predicted octanol–water partition coefficient (Wildman–Crippen LogP) is 5.99. The van der Waals surface area contributed by atoms with Crippen LogP contribution in [-0.2, 0) is 19.6 Å². The predicted molar refractivity (Wildman–Crippen MR) is 136 cm³/mol. The van der Waals surface area contributed by atoms with Gasteiger partial charge in [-0.05, 0) is 48.2 Å². The Morgan fingerprint density at radius 1 is 0.971 bits per heavy atom. The van der Waals surface area contributed by atoms with E-state index in [1.165, 1.54) is 11.3 Å². The summed E-state index contributed by atoms with van der Waals surface area (Å²) in [5.41, 5.74) is 2.83. The molecule has 0 radical (unpaired) electrons. The number of thiazole rings is 1. The molecule has 0 saturated heterocycles. The number of amides is 1. The molecule has 180 valence electrons. The van der Waals surface area contributed by atoms with Gasteiger partial charge in [0.25, 0.3) is 5.91 Å². The van der Waals surface area contributed by atoms with Crippen molar-refractivity contribution in [1.29, 1.82) is 0 Å². The van der Waals surface area contributed by atoms with E-state index in [-0.39, 0.29) is 12.7 Å². The number of carbonyl (C=O) groups is 1. The highest BCUT2D eigenvalue weighted by molar-refractivity contribution is 7.09. The van der Waals surface area contributed by atoms with Crippen LogP contribution in [-0.4, -0.2) is 40.6 Å². The van der Waals surface area contributed by atoms with Crippen molar-refractivity contribution in [3.63, 3.8) is 0 Å². The summed E-state index contributed by atoms with van der Waals surface area (Å²) in [5, 5.41) is 3.53. The minimum atomic E-state index is 0.0197. The molecule has 2 heterocycles. The number of hydrogen-bond acceptors (Lipinski definition) is 6. The summed E-state index contributed by atoms with van der Waals surface area (Å²) in [6.07, 6.45) is 1.88. The topological polar surface area (TPSA) is 54.9 Å². The summed E-state index contributed by atoms with van der Waals surface area (Å²) in [5.74, 6) is 1.57. The van der Waals surface area contributed by atoms with Crippen molar-refractivity contribution in [3.05, 3.63) is 74.7 Å². The molecule has 0 aliphatic carbocycles. The Balaban J connectivity index is 1.51. The minimum absolute atomic E-state index is 0.0197. The highest BCUT2D eigenvalue weighted by Gasteiger charge is 2.20. The summed E-state index contributed by atoms with van der Waals surface area (Å²) in [6, 6.07) is 13.9. The van der Waals surface area contributed by atoms with Gasteiger partial charge >= 0.3 is 0 Å². The van der Waals surface area contributed by atoms with Gasteiger partial charge in [-0.25, -0.2) is 4.98 Å². The molecule has 0 saturated carbocycles. The molecule has 0 bridgehead atoms. The van der Waals surface area contributed by atoms with E-state index in [0.29, 0.717) is 18.8 Å². The summed E-state index contributed by atoms with van der Waals surface area (Å²) in [7, 11) is 0. The number of benzene rings is 2. The molecule has 34 heavy (non-hydrogen) atoms. The van der Waals surface area contributed by atoms with Crippen LogP contribution in [0.4, 0.5) is 0 Å². The van der Waals surface area contributed by atoms with E-state index >= 15 is 0 Å². The molecule has 6 nitrogen and oxygen atoms in total. The van der Waals surface area contributed by atoms with Gasteiger partial charge in [-0.3, -0.25) is 9.69 Å². The largest absolute Gasteiger partial charge is 0.454 e. The molecule has 8 heteroatoms. The van der Waals surface area contributed by atoms with Crippen molar-refractivity contribution in [3.8, 4) is 11.5 Å². The minimum Gasteiger partial charge on any atom is -0.454 e. The quantitative estimate of drug-likeness (QED) is 0.324. The summed E-state index contributed by atoms with van der Waals surface area (Å²) in [6.45, 7) is 8.03. The van der Waals surface area contributed by atoms with Crippen LogP contribution in [0.25, 0.3) is 0 Å². The monoisotopic (exact) mass is 499 g/mol. The number of nitrogens with zero attached hydrogens (tertiary/aromatic N) is 3. The molecule has 2 aromatic carbocycles. The number of ether oxygens (including phenoxy) is 2. The lowest BCUT2D eigenvalue weighted by Crippen LogP contribution is -2.32. The normalized spacial score (nSPS) is 12.4. The van der Waals surface area contributed by atoms with E-state index in [4.69, 9.17) is 26.1 Å². The third-order valence-electron chi connectivity index (χ3n) is 5.57. The van der Waals surface area contributed by atoms with Crippen molar-refractivity contribution >= 4 is 28.8 Å². The SMILES string of the molecule is CCCN(CCC)C(=O)c1csc(CN(Cc2ccc(Cl)cc2)Cc2ccc3c(c2)OCO3)n1. The van der Waals surface area contributed by atoms with E-state index in [1.807, 2.05) is 46.7 Å². The van der Waals surface area contributed by atoms with Crippen LogP contribution < -0.4 is 9.47 Å². The summed E-state index contributed by atoms with van der Waals surface area (Å²) in [4.78, 5) is 21.9. The number of halogens is 1. The lowest BCUT2D eigenvalue weighted by atomic mass is 10.1. The standard InChI is InChI=1S/C26H30ClN3O3S/c1-3-11-30(12-4-2)26(31)22-17-34-25(28-22)16-29(14-19-5-8-21(27)9-6-19)15-20-7-10-23-24(13-20)33-18-32-23/h5-10,13,17H,3-4,11-12,14-16,18H2,1-2H3. The third kappa shape index (κ3) is 6.29. The average Bonchev–Trinajstić information content (AvgIpc) is 3.49. The van der Waals surface area contributed by atoms with Gasteiger partial charge in [-0.2, -0.15) is 0 Å². The molecular formula is C26H30ClN3O3S. The van der Waals surface area contributed by atoms with Crippen LogP contribution in [0.3, 0.4) is 0 Å². The second kappa shape index (κ2) is 11.7. The third-order valence-corrected chi connectivity index (χ3v) is 6.65. The number of fused-ring (bicyclic) bond motifs is 1. The fourth-order valence-electron chi connectivity index (χ4n) is 4.00. The lowest BCUT2D eigenvalue weighted by Gasteiger charge is -2.22. The van der Waals surface area contributed by atoms with Gasteiger partial charge in [0, 0.05) is 36.6 Å². The molecule has 1 aliphatic rings. The molecule has 0 fully saturated rings. The van der Waals surface area contributed by atoms with Gasteiger partial charge in [0.2, 0.25) is 6.79 Å². The van der Waals surface area contributed by atoms with Gasteiger partial charge in [-0.1, -0.05) is 43.6 Å². The zero-order chi connectivity index (χ0) is 23.9. The van der Waals surface area contributed by atoms with E-state index in [1.54, 1.807) is 0 Å². The second-order valence-corrected chi connectivity index (χ2v) is 9.76. The molecule has 1 aromatic heterocycles. The molecule has 3 aromatic rings. The molecular weight excluding hydrogens is 470 g/mol. The number of carbonyl (C=O) groups excluding carboxylic acids is 1. The fraction of sp³-hybridized carbons (Fsp3) is 0.385. The zero-order valence-electron chi connectivity index (χ0n) is 19.6. The van der Waals surface area contributed by atoms with Crippen LogP contribution in [0.5, 0.6) is 11.5 Å². The lowest BCUT2D eigenvalue weighted by molar-refractivity contribution is 0.0750. The average molecular weight is 500 g/mol. The van der Waals surface area contributed by atoms with Crippen molar-refractivity contribution in [2.45, 2.75) is 46.3 Å². The number of aromatic nitrogens is 1. The van der Waals surface area contributed by atoms with Gasteiger partial charge < -0.3 is 14.4 Å². The van der Waals surface area contributed by atoms with Crippen LogP contribution in [0, 0.1) is 0 Å². The molecule has 0 spiro atoms. The van der Waals surface area contributed by atoms with Crippen molar-refractivity contribution in [2.75, 3.05) is 19.9 Å². The maximum Gasteiger partial charge on any atom is 0.273 e. The van der Waals surface area contributed by atoms with Crippen molar-refractivity contribution in [1.82, 2.24) is 14.8 Å². The van der Waals surface area contributed by atoms with Crippen LogP contribution >= 0.6 is 22.9 Å². The van der Waals surface area contributed by atoms with E-state index in [0.717, 1.165) is 65.1 Å². The van der Waals surface area contributed by atoms with Crippen LogP contribution in [0.2, 0.25) is 5.02 Å². The van der Waals surface area contributed by atoms with Gasteiger partial charge in [0.15, 0.2) is 11.5 Å². The van der Waals surface area contributed by atoms with Crippen molar-refractivity contribution in [2.24, 2.45) is 0 Å². The van der Waals surface area contributed by atoms with Crippen LogP contribution in [0.1, 0.15) is 53.3 Å². The Morgan fingerprint density at radius 2 is 1.65 bits per heavy atom. The molecule has 1 amide bonds. The zero-order valence-corrected chi connectivity index (χ0v) is 21.2. The Morgan fingerprint density at radius 3 is 2.38 bits per heavy atom. The van der Waals surface area contributed by atoms with Crippen molar-refractivity contribution < 1.29 is 14.3 Å². The fourth-order valence-corrected chi connectivity index (χ4v) is 4.94. The highest BCUT2D eigenvalue weighted by Crippen LogP contribution is 2.33. The maximum atomic E-state index is 13.0. The first kappa shape index (κ1) is 24.5. The Bertz CT molecular complexity index is 1100. The first-order chi connectivity index (χ1) is 16.6. The molecule has 1 aliphatic heterocycles. The van der Waals surface area contributed by atoms with E-state index in [2.05, 4.69) is 24.8 Å². The first-order valence-electron chi connectivity index (χ1n) is 11.6. The maximum absolute atomic E-state index is 13.0. The van der Waals surface area contributed by atoms with Gasteiger partial charge in [-0.15, -0.1) is 11.3 Å². The van der Waals surface area contributed by atoms with Crippen LogP contribution in [0.15, 0.2) is 47.8 Å². The first-order valence-corrected chi connectivity index (χ1v) is 12.9. The summed E-state index contributed by atoms with van der Waals surface area (Å²) < 4.78 is 11.0. The smallest absolute Gasteiger partial charge is 0.273 e. The second-order valence-electron chi connectivity index (χ2n) is 8.38. The Labute approximate surface area is 210 Å².